The third-order valence-corrected chi connectivity index (χ3v) is 4.02. The molecule has 0 amide bonds. The molecule has 0 aliphatic heterocycles. The van der Waals surface area contributed by atoms with E-state index in [2.05, 4.69) is 5.32 Å². The van der Waals surface area contributed by atoms with Gasteiger partial charge in [-0.15, -0.1) is 0 Å². The highest BCUT2D eigenvalue weighted by atomic mass is 16.5. The molecule has 2 nitrogen and oxygen atoms in total. The second-order valence-corrected chi connectivity index (χ2v) is 5.33. The fraction of sp³-hybridized carbons (Fsp3) is 1.00. The zero-order chi connectivity index (χ0) is 10.5. The maximum Gasteiger partial charge on any atom is 0.0491 e. The molecule has 2 atom stereocenters. The predicted octanol–water partition coefficient (Wildman–Crippen LogP) is 2.72. The second kappa shape index (κ2) is 5.86. The molecule has 2 rings (SSSR count). The number of hydrogen-bond acceptors (Lipinski definition) is 2. The van der Waals surface area contributed by atoms with E-state index in [1.54, 1.807) is 0 Å². The zero-order valence-electron chi connectivity index (χ0n) is 10.0. The Labute approximate surface area is 93.8 Å². The summed E-state index contributed by atoms with van der Waals surface area (Å²) in [6.07, 6.45) is 11.2. The van der Waals surface area contributed by atoms with Gasteiger partial charge >= 0.3 is 0 Å². The minimum Gasteiger partial charge on any atom is -0.384 e. The molecule has 0 unspecified atom stereocenters. The molecule has 0 spiro atoms. The molecule has 0 aromatic carbocycles. The van der Waals surface area contributed by atoms with Crippen molar-refractivity contribution < 1.29 is 4.74 Å². The van der Waals surface area contributed by atoms with Gasteiger partial charge in [-0.1, -0.05) is 19.3 Å². The fourth-order valence-electron chi connectivity index (χ4n) is 3.22. The van der Waals surface area contributed by atoms with Crippen LogP contribution in [0.1, 0.15) is 51.4 Å². The van der Waals surface area contributed by atoms with E-state index in [1.165, 1.54) is 51.4 Å². The van der Waals surface area contributed by atoms with Crippen LogP contribution in [-0.4, -0.2) is 25.8 Å². The van der Waals surface area contributed by atoms with E-state index in [0.717, 1.165) is 24.6 Å². The van der Waals surface area contributed by atoms with Crippen LogP contribution in [0.5, 0.6) is 0 Å². The lowest BCUT2D eigenvalue weighted by Gasteiger charge is -2.26. The Balaban J connectivity index is 1.67. The molecule has 0 aromatic rings. The first kappa shape index (κ1) is 11.4. The summed E-state index contributed by atoms with van der Waals surface area (Å²) >= 11 is 0. The molecule has 2 aliphatic rings. The van der Waals surface area contributed by atoms with E-state index in [-0.39, 0.29) is 0 Å². The van der Waals surface area contributed by atoms with E-state index >= 15 is 0 Å². The molecule has 15 heavy (non-hydrogen) atoms. The smallest absolute Gasteiger partial charge is 0.0491 e. The van der Waals surface area contributed by atoms with Crippen molar-refractivity contribution in [3.05, 3.63) is 0 Å². The molecule has 2 saturated carbocycles. The second-order valence-electron chi connectivity index (χ2n) is 5.33. The normalized spacial score (nSPS) is 33.4. The van der Waals surface area contributed by atoms with Crippen LogP contribution in [0.25, 0.3) is 0 Å². The quantitative estimate of drug-likeness (QED) is 0.772. The van der Waals surface area contributed by atoms with E-state index < -0.39 is 0 Å². The SMILES string of the molecule is COC[C@H]1CC[C@H](NC2CCCCC2)C1. The maximum absolute atomic E-state index is 5.24. The molecular formula is C13H25NO. The Hall–Kier alpha value is -0.0800. The summed E-state index contributed by atoms with van der Waals surface area (Å²) in [5.41, 5.74) is 0. The lowest BCUT2D eigenvalue weighted by molar-refractivity contribution is 0.153. The van der Waals surface area contributed by atoms with Gasteiger partial charge in [0.15, 0.2) is 0 Å². The van der Waals surface area contributed by atoms with E-state index in [1.807, 2.05) is 7.11 Å². The third kappa shape index (κ3) is 3.46. The van der Waals surface area contributed by atoms with Crippen molar-refractivity contribution in [1.82, 2.24) is 5.32 Å². The highest BCUT2D eigenvalue weighted by Crippen LogP contribution is 2.27. The van der Waals surface area contributed by atoms with Crippen LogP contribution in [0.3, 0.4) is 0 Å². The Morgan fingerprint density at radius 1 is 1.00 bits per heavy atom. The van der Waals surface area contributed by atoms with Crippen molar-refractivity contribution in [1.29, 1.82) is 0 Å². The van der Waals surface area contributed by atoms with E-state index in [4.69, 9.17) is 4.74 Å². The lowest BCUT2D eigenvalue weighted by atomic mass is 9.94. The Morgan fingerprint density at radius 2 is 1.80 bits per heavy atom. The molecular weight excluding hydrogens is 186 g/mol. The van der Waals surface area contributed by atoms with Crippen molar-refractivity contribution in [2.75, 3.05) is 13.7 Å². The third-order valence-electron chi connectivity index (χ3n) is 4.02. The number of rotatable bonds is 4. The van der Waals surface area contributed by atoms with Gasteiger partial charge in [-0.3, -0.25) is 0 Å². The summed E-state index contributed by atoms with van der Waals surface area (Å²) in [6, 6.07) is 1.61. The predicted molar refractivity (Wildman–Crippen MR) is 63.0 cm³/mol. The van der Waals surface area contributed by atoms with Crippen LogP contribution in [0.2, 0.25) is 0 Å². The summed E-state index contributed by atoms with van der Waals surface area (Å²) in [4.78, 5) is 0. The van der Waals surface area contributed by atoms with Crippen molar-refractivity contribution in [2.24, 2.45) is 5.92 Å². The van der Waals surface area contributed by atoms with Gasteiger partial charge in [0.2, 0.25) is 0 Å². The number of nitrogens with one attached hydrogen (secondary N) is 1. The Morgan fingerprint density at radius 3 is 2.53 bits per heavy atom. The van der Waals surface area contributed by atoms with Crippen LogP contribution < -0.4 is 5.32 Å². The standard InChI is InChI=1S/C13H25NO/c1-15-10-11-7-8-13(9-11)14-12-5-3-2-4-6-12/h11-14H,2-10H2,1H3/t11-,13-/m0/s1. The van der Waals surface area contributed by atoms with Gasteiger partial charge in [-0.25, -0.2) is 0 Å². The molecule has 0 bridgehead atoms. The van der Waals surface area contributed by atoms with Crippen LogP contribution in [0.15, 0.2) is 0 Å². The monoisotopic (exact) mass is 211 g/mol. The maximum atomic E-state index is 5.24. The van der Waals surface area contributed by atoms with Crippen molar-refractivity contribution in [3.8, 4) is 0 Å². The fourth-order valence-corrected chi connectivity index (χ4v) is 3.22. The summed E-state index contributed by atoms with van der Waals surface area (Å²) < 4.78 is 5.24. The van der Waals surface area contributed by atoms with E-state index in [0.29, 0.717) is 0 Å². The molecule has 88 valence electrons. The van der Waals surface area contributed by atoms with Crippen molar-refractivity contribution >= 4 is 0 Å². The van der Waals surface area contributed by atoms with Crippen LogP contribution in [-0.2, 0) is 4.74 Å². The number of hydrogen-bond donors (Lipinski definition) is 1. The van der Waals surface area contributed by atoms with Crippen LogP contribution in [0.4, 0.5) is 0 Å². The number of ether oxygens (including phenoxy) is 1. The van der Waals surface area contributed by atoms with Crippen LogP contribution >= 0.6 is 0 Å². The summed E-state index contributed by atoms with van der Waals surface area (Å²) in [5, 5.41) is 3.85. The van der Waals surface area contributed by atoms with Gasteiger partial charge in [-0.05, 0) is 38.0 Å². The number of methoxy groups -OCH3 is 1. The average molecular weight is 211 g/mol. The van der Waals surface area contributed by atoms with Gasteiger partial charge in [-0.2, -0.15) is 0 Å². The first-order chi connectivity index (χ1) is 7.38. The summed E-state index contributed by atoms with van der Waals surface area (Å²) in [6.45, 7) is 0.961. The van der Waals surface area contributed by atoms with Crippen LogP contribution in [0, 0.1) is 5.92 Å². The van der Waals surface area contributed by atoms with Crippen molar-refractivity contribution in [3.63, 3.8) is 0 Å². The molecule has 0 radical (unpaired) electrons. The van der Waals surface area contributed by atoms with Gasteiger partial charge in [0.1, 0.15) is 0 Å². The van der Waals surface area contributed by atoms with Gasteiger partial charge in [0.05, 0.1) is 0 Å². The molecule has 0 saturated heterocycles. The highest BCUT2D eigenvalue weighted by Gasteiger charge is 2.26. The Bertz CT molecular complexity index is 177. The molecule has 2 heteroatoms. The van der Waals surface area contributed by atoms with Crippen molar-refractivity contribution in [2.45, 2.75) is 63.5 Å². The highest BCUT2D eigenvalue weighted by molar-refractivity contribution is 4.84. The minimum atomic E-state index is 0.785. The molecule has 0 aromatic heterocycles. The first-order valence-corrected chi connectivity index (χ1v) is 6.63. The molecule has 2 aliphatic carbocycles. The first-order valence-electron chi connectivity index (χ1n) is 6.63. The molecule has 2 fully saturated rings. The zero-order valence-corrected chi connectivity index (χ0v) is 10.0. The average Bonchev–Trinajstić information content (AvgIpc) is 2.68. The largest absolute Gasteiger partial charge is 0.384 e. The molecule has 1 N–H and O–H groups in total. The van der Waals surface area contributed by atoms with E-state index in [9.17, 15) is 0 Å². The lowest BCUT2D eigenvalue weighted by Crippen LogP contribution is -2.38. The minimum absolute atomic E-state index is 0.785. The Kier molecular flexibility index (Phi) is 4.45. The van der Waals surface area contributed by atoms with Gasteiger partial charge in [0.25, 0.3) is 0 Å². The van der Waals surface area contributed by atoms with Gasteiger partial charge in [0, 0.05) is 25.8 Å². The topological polar surface area (TPSA) is 21.3 Å². The summed E-state index contributed by atoms with van der Waals surface area (Å²) in [5.74, 6) is 0.816. The molecule has 0 heterocycles. The summed E-state index contributed by atoms with van der Waals surface area (Å²) in [7, 11) is 1.82. The van der Waals surface area contributed by atoms with Gasteiger partial charge < -0.3 is 10.1 Å².